The molecule has 114 valence electrons. The van der Waals surface area contributed by atoms with Gasteiger partial charge in [-0.2, -0.15) is 5.10 Å². The molecule has 0 atom stereocenters. The summed E-state index contributed by atoms with van der Waals surface area (Å²) >= 11 is 0. The van der Waals surface area contributed by atoms with Crippen LogP contribution in [-0.2, 0) is 6.54 Å². The molecule has 1 N–H and O–H groups in total. The number of rotatable bonds is 4. The fourth-order valence-electron chi connectivity index (χ4n) is 2.36. The van der Waals surface area contributed by atoms with Crippen LogP contribution in [0.5, 0.6) is 0 Å². The quantitative estimate of drug-likeness (QED) is 0.802. The summed E-state index contributed by atoms with van der Waals surface area (Å²) in [5.74, 6) is 0.493. The summed E-state index contributed by atoms with van der Waals surface area (Å²) in [6.07, 6.45) is 1.67. The zero-order chi connectivity index (χ0) is 15.7. The second-order valence-electron chi connectivity index (χ2n) is 5.32. The normalized spacial score (nSPS) is 11.3. The first-order chi connectivity index (χ1) is 10.6. The van der Waals surface area contributed by atoms with Crippen molar-refractivity contribution in [1.29, 1.82) is 0 Å². The minimum atomic E-state index is -0.185. The summed E-state index contributed by atoms with van der Waals surface area (Å²) in [5, 5.41) is 15.2. The molecule has 3 rings (SSSR count). The zero-order valence-corrected chi connectivity index (χ0v) is 12.8. The Morgan fingerprint density at radius 1 is 1.32 bits per heavy atom. The van der Waals surface area contributed by atoms with Gasteiger partial charge in [0.05, 0.1) is 11.7 Å². The number of aryl methyl sites for hydroxylation is 1. The first kappa shape index (κ1) is 14.2. The number of hydrogen-bond donors (Lipinski definition) is 1. The second kappa shape index (κ2) is 5.59. The molecular formula is C15H18N6O. The van der Waals surface area contributed by atoms with Gasteiger partial charge in [0.25, 0.3) is 5.91 Å². The smallest absolute Gasteiger partial charge is 0.256 e. The first-order valence-electron chi connectivity index (χ1n) is 7.28. The number of amides is 1. The van der Waals surface area contributed by atoms with Crippen molar-refractivity contribution in [3.05, 3.63) is 36.0 Å². The van der Waals surface area contributed by atoms with Crippen LogP contribution in [0.3, 0.4) is 0 Å². The van der Waals surface area contributed by atoms with Gasteiger partial charge < -0.3 is 5.32 Å². The largest absolute Gasteiger partial charge is 0.307 e. The van der Waals surface area contributed by atoms with E-state index in [1.165, 1.54) is 0 Å². The van der Waals surface area contributed by atoms with E-state index in [1.807, 2.05) is 26.8 Å². The summed E-state index contributed by atoms with van der Waals surface area (Å²) < 4.78 is 3.56. The third kappa shape index (κ3) is 2.45. The predicted octanol–water partition coefficient (Wildman–Crippen LogP) is 2.48. The molecule has 0 saturated carbocycles. The highest BCUT2D eigenvalue weighted by Crippen LogP contribution is 2.17. The number of aromatic nitrogens is 5. The fraction of sp³-hybridized carbons (Fsp3) is 0.333. The van der Waals surface area contributed by atoms with Crippen LogP contribution in [0.4, 0.5) is 5.82 Å². The summed E-state index contributed by atoms with van der Waals surface area (Å²) in [4.78, 5) is 12.4. The maximum Gasteiger partial charge on any atom is 0.256 e. The lowest BCUT2D eigenvalue weighted by atomic mass is 10.2. The molecule has 0 saturated heterocycles. The molecule has 0 aliphatic carbocycles. The zero-order valence-electron chi connectivity index (χ0n) is 12.8. The molecule has 0 spiro atoms. The summed E-state index contributed by atoms with van der Waals surface area (Å²) in [6.45, 7) is 6.77. The van der Waals surface area contributed by atoms with Gasteiger partial charge in [0, 0.05) is 24.2 Å². The van der Waals surface area contributed by atoms with Crippen LogP contribution in [0.1, 0.15) is 37.2 Å². The Bertz CT molecular complexity index is 816. The van der Waals surface area contributed by atoms with Gasteiger partial charge in [-0.05, 0) is 39.0 Å². The second-order valence-corrected chi connectivity index (χ2v) is 5.32. The van der Waals surface area contributed by atoms with Crippen molar-refractivity contribution in [2.75, 3.05) is 5.32 Å². The molecule has 22 heavy (non-hydrogen) atoms. The van der Waals surface area contributed by atoms with Gasteiger partial charge in [-0.15, -0.1) is 5.10 Å². The number of nitrogens with zero attached hydrogens (tertiary/aromatic N) is 5. The molecule has 7 nitrogen and oxygen atoms in total. The van der Waals surface area contributed by atoms with E-state index in [4.69, 9.17) is 0 Å². The van der Waals surface area contributed by atoms with Crippen molar-refractivity contribution in [2.45, 2.75) is 33.4 Å². The molecule has 2 aromatic heterocycles. The van der Waals surface area contributed by atoms with E-state index in [0.29, 0.717) is 16.9 Å². The number of carbonyl (C=O) groups excluding carboxylic acids is 1. The molecule has 0 unspecified atom stereocenters. The van der Waals surface area contributed by atoms with E-state index in [0.717, 1.165) is 12.1 Å². The topological polar surface area (TPSA) is 77.6 Å². The number of benzene rings is 1. The molecule has 7 heteroatoms. The van der Waals surface area contributed by atoms with Crippen LogP contribution in [0.2, 0.25) is 0 Å². The highest BCUT2D eigenvalue weighted by Gasteiger charge is 2.13. The monoisotopic (exact) mass is 298 g/mol. The Hall–Kier alpha value is -2.70. The van der Waals surface area contributed by atoms with Crippen LogP contribution in [0.15, 0.2) is 30.5 Å². The lowest BCUT2D eigenvalue weighted by Crippen LogP contribution is -2.16. The van der Waals surface area contributed by atoms with E-state index in [1.54, 1.807) is 33.8 Å². The molecule has 0 radical (unpaired) electrons. The summed E-state index contributed by atoms with van der Waals surface area (Å²) in [7, 11) is 0. The summed E-state index contributed by atoms with van der Waals surface area (Å²) in [6, 6.07) is 7.36. The van der Waals surface area contributed by atoms with Crippen LogP contribution in [0.25, 0.3) is 11.0 Å². The molecule has 0 aliphatic heterocycles. The van der Waals surface area contributed by atoms with Gasteiger partial charge in [0.1, 0.15) is 11.3 Å². The van der Waals surface area contributed by atoms with Crippen LogP contribution < -0.4 is 5.32 Å². The molecular weight excluding hydrogens is 280 g/mol. The maximum atomic E-state index is 12.4. The van der Waals surface area contributed by atoms with Crippen molar-refractivity contribution >= 4 is 22.8 Å². The number of nitrogens with one attached hydrogen (secondary N) is 1. The Labute approximate surface area is 127 Å². The number of anilines is 1. The van der Waals surface area contributed by atoms with Gasteiger partial charge in [0.15, 0.2) is 0 Å². The van der Waals surface area contributed by atoms with Crippen molar-refractivity contribution in [3.63, 3.8) is 0 Å². The van der Waals surface area contributed by atoms with Crippen LogP contribution in [-0.4, -0.2) is 30.7 Å². The molecule has 1 aromatic carbocycles. The lowest BCUT2D eigenvalue weighted by molar-refractivity contribution is 0.102. The van der Waals surface area contributed by atoms with Crippen molar-refractivity contribution in [3.8, 4) is 0 Å². The van der Waals surface area contributed by atoms with E-state index < -0.39 is 0 Å². The number of hydrogen-bond acceptors (Lipinski definition) is 4. The molecule has 2 heterocycles. The van der Waals surface area contributed by atoms with Crippen molar-refractivity contribution < 1.29 is 4.79 Å². The van der Waals surface area contributed by atoms with Gasteiger partial charge in [-0.3, -0.25) is 4.79 Å². The average Bonchev–Trinajstić information content (AvgIpc) is 3.12. The van der Waals surface area contributed by atoms with Gasteiger partial charge in [-0.25, -0.2) is 9.36 Å². The third-order valence-corrected chi connectivity index (χ3v) is 3.48. The van der Waals surface area contributed by atoms with E-state index in [9.17, 15) is 4.79 Å². The maximum absolute atomic E-state index is 12.4. The van der Waals surface area contributed by atoms with Crippen LogP contribution in [0, 0.1) is 0 Å². The summed E-state index contributed by atoms with van der Waals surface area (Å²) in [5.41, 5.74) is 2.19. The Morgan fingerprint density at radius 3 is 2.86 bits per heavy atom. The fourth-order valence-corrected chi connectivity index (χ4v) is 2.36. The third-order valence-electron chi connectivity index (χ3n) is 3.48. The minimum Gasteiger partial charge on any atom is -0.307 e. The Kier molecular flexibility index (Phi) is 3.62. The van der Waals surface area contributed by atoms with E-state index in [-0.39, 0.29) is 11.9 Å². The highest BCUT2D eigenvalue weighted by atomic mass is 16.1. The SMILES string of the molecule is CCn1nnc2cc(C(=O)Nc3ccnn3C(C)C)ccc21. The van der Waals surface area contributed by atoms with E-state index >= 15 is 0 Å². The highest BCUT2D eigenvalue weighted by molar-refractivity contribution is 6.05. The standard InChI is InChI=1S/C15H18N6O/c1-4-20-13-6-5-11(9-12(13)18-19-20)15(22)17-14-7-8-16-21(14)10(2)3/h5-10H,4H2,1-3H3,(H,17,22). The average molecular weight is 298 g/mol. The first-order valence-corrected chi connectivity index (χ1v) is 7.28. The molecule has 0 bridgehead atoms. The molecule has 0 fully saturated rings. The number of fused-ring (bicyclic) bond motifs is 1. The van der Waals surface area contributed by atoms with Gasteiger partial charge in [0.2, 0.25) is 0 Å². The minimum absolute atomic E-state index is 0.178. The van der Waals surface area contributed by atoms with Crippen molar-refractivity contribution in [1.82, 2.24) is 24.8 Å². The van der Waals surface area contributed by atoms with Gasteiger partial charge >= 0.3 is 0 Å². The molecule has 0 aliphatic rings. The predicted molar refractivity (Wildman–Crippen MR) is 83.8 cm³/mol. The number of carbonyl (C=O) groups is 1. The van der Waals surface area contributed by atoms with Crippen molar-refractivity contribution in [2.24, 2.45) is 0 Å². The molecule has 1 amide bonds. The Balaban J connectivity index is 1.87. The van der Waals surface area contributed by atoms with Gasteiger partial charge in [-0.1, -0.05) is 5.21 Å². The lowest BCUT2D eigenvalue weighted by Gasteiger charge is -2.11. The Morgan fingerprint density at radius 2 is 2.14 bits per heavy atom. The van der Waals surface area contributed by atoms with Crippen LogP contribution >= 0.6 is 0 Å². The van der Waals surface area contributed by atoms with E-state index in [2.05, 4.69) is 20.7 Å². The molecule has 3 aromatic rings.